The molecule has 1 amide bonds. The van der Waals surface area contributed by atoms with Crippen LogP contribution in [0.1, 0.15) is 15.9 Å². The van der Waals surface area contributed by atoms with Gasteiger partial charge in [0.05, 0.1) is 4.90 Å². The molecule has 0 bridgehead atoms. The molecule has 0 spiro atoms. The molecule has 0 saturated carbocycles. The van der Waals surface area contributed by atoms with Gasteiger partial charge >= 0.3 is 0 Å². The van der Waals surface area contributed by atoms with E-state index in [9.17, 15) is 13.2 Å². The van der Waals surface area contributed by atoms with E-state index >= 15 is 0 Å². The Bertz CT molecular complexity index is 981. The van der Waals surface area contributed by atoms with Crippen molar-refractivity contribution in [1.29, 1.82) is 0 Å². The van der Waals surface area contributed by atoms with Gasteiger partial charge in [-0.05, 0) is 30.3 Å². The fourth-order valence-electron chi connectivity index (χ4n) is 2.32. The molecule has 2 heterocycles. The summed E-state index contributed by atoms with van der Waals surface area (Å²) in [5.74, 6) is 0.396. The van der Waals surface area contributed by atoms with Crippen molar-refractivity contribution in [2.24, 2.45) is 0 Å². The number of hydrogen-bond donors (Lipinski definition) is 1. The molecule has 0 saturated heterocycles. The maximum absolute atomic E-state index is 12.3. The second-order valence-electron chi connectivity index (χ2n) is 5.44. The SMILES string of the molecule is CS(=O)(=O)c1ccc(C(=O)NCc2cccnc2-n2ccnc2)cc1. The van der Waals surface area contributed by atoms with E-state index in [2.05, 4.69) is 15.3 Å². The lowest BCUT2D eigenvalue weighted by Crippen LogP contribution is -2.23. The zero-order valence-corrected chi connectivity index (χ0v) is 14.3. The fraction of sp³-hybridized carbons (Fsp3) is 0.118. The molecule has 8 heteroatoms. The van der Waals surface area contributed by atoms with Crippen molar-refractivity contribution in [2.45, 2.75) is 11.4 Å². The smallest absolute Gasteiger partial charge is 0.251 e. The van der Waals surface area contributed by atoms with E-state index in [0.29, 0.717) is 11.4 Å². The topological polar surface area (TPSA) is 94.0 Å². The third kappa shape index (κ3) is 3.92. The van der Waals surface area contributed by atoms with Crippen LogP contribution in [0.15, 0.2) is 66.2 Å². The van der Waals surface area contributed by atoms with Crippen molar-refractivity contribution in [1.82, 2.24) is 19.9 Å². The maximum atomic E-state index is 12.3. The Kier molecular flexibility index (Phi) is 4.62. The summed E-state index contributed by atoms with van der Waals surface area (Å²) in [6.45, 7) is 0.286. The molecule has 0 aliphatic rings. The van der Waals surface area contributed by atoms with Crippen LogP contribution in [0.2, 0.25) is 0 Å². The standard InChI is InChI=1S/C17H16N4O3S/c1-25(23,24)15-6-4-13(5-7-15)17(22)20-11-14-3-2-8-19-16(14)21-10-9-18-12-21/h2-10,12H,11H2,1H3,(H,20,22). The molecule has 0 aliphatic carbocycles. The van der Waals surface area contributed by atoms with Gasteiger partial charge in [-0.25, -0.2) is 18.4 Å². The Balaban J connectivity index is 1.73. The Morgan fingerprint density at radius 3 is 2.56 bits per heavy atom. The summed E-state index contributed by atoms with van der Waals surface area (Å²) in [5, 5.41) is 2.81. The molecular formula is C17H16N4O3S. The summed E-state index contributed by atoms with van der Waals surface area (Å²) in [5.41, 5.74) is 1.22. The van der Waals surface area contributed by atoms with Crippen LogP contribution in [0.3, 0.4) is 0 Å². The highest BCUT2D eigenvalue weighted by atomic mass is 32.2. The lowest BCUT2D eigenvalue weighted by atomic mass is 10.2. The minimum atomic E-state index is -3.28. The Morgan fingerprint density at radius 2 is 1.92 bits per heavy atom. The van der Waals surface area contributed by atoms with E-state index in [0.717, 1.165) is 11.8 Å². The second-order valence-corrected chi connectivity index (χ2v) is 7.45. The number of pyridine rings is 1. The van der Waals surface area contributed by atoms with Crippen LogP contribution in [0.4, 0.5) is 0 Å². The quantitative estimate of drug-likeness (QED) is 0.749. The fourth-order valence-corrected chi connectivity index (χ4v) is 2.95. The number of benzene rings is 1. The van der Waals surface area contributed by atoms with Gasteiger partial charge in [0.2, 0.25) is 0 Å². The first kappa shape index (κ1) is 16.8. The van der Waals surface area contributed by atoms with Crippen LogP contribution in [0.5, 0.6) is 0 Å². The van der Waals surface area contributed by atoms with Gasteiger partial charge in [-0.15, -0.1) is 0 Å². The number of carbonyl (C=O) groups excluding carboxylic acids is 1. The lowest BCUT2D eigenvalue weighted by molar-refractivity contribution is 0.0951. The molecule has 3 aromatic rings. The van der Waals surface area contributed by atoms with Gasteiger partial charge in [0.25, 0.3) is 5.91 Å². The number of sulfone groups is 1. The predicted molar refractivity (Wildman–Crippen MR) is 92.1 cm³/mol. The third-order valence-corrected chi connectivity index (χ3v) is 4.73. The number of rotatable bonds is 5. The van der Waals surface area contributed by atoms with Crippen LogP contribution >= 0.6 is 0 Å². The van der Waals surface area contributed by atoms with Crippen molar-refractivity contribution >= 4 is 15.7 Å². The lowest BCUT2D eigenvalue weighted by Gasteiger charge is -2.10. The normalized spacial score (nSPS) is 11.2. The first-order valence-corrected chi connectivity index (χ1v) is 9.35. The Hall–Kier alpha value is -3.00. The molecule has 0 unspecified atom stereocenters. The number of nitrogens with zero attached hydrogens (tertiary/aromatic N) is 3. The molecular weight excluding hydrogens is 340 g/mol. The molecule has 7 nitrogen and oxygen atoms in total. The number of hydrogen-bond acceptors (Lipinski definition) is 5. The molecule has 128 valence electrons. The Morgan fingerprint density at radius 1 is 1.16 bits per heavy atom. The molecule has 2 aromatic heterocycles. The molecule has 1 aromatic carbocycles. The molecule has 0 fully saturated rings. The molecule has 25 heavy (non-hydrogen) atoms. The van der Waals surface area contributed by atoms with Crippen LogP contribution in [0.25, 0.3) is 5.82 Å². The molecule has 1 N–H and O–H groups in total. The average Bonchev–Trinajstić information content (AvgIpc) is 3.14. The largest absolute Gasteiger partial charge is 0.348 e. The first-order chi connectivity index (χ1) is 11.9. The maximum Gasteiger partial charge on any atom is 0.251 e. The van der Waals surface area contributed by atoms with Gasteiger partial charge in [0.1, 0.15) is 12.1 Å². The summed E-state index contributed by atoms with van der Waals surface area (Å²) in [7, 11) is -3.28. The van der Waals surface area contributed by atoms with Gasteiger partial charge in [0.15, 0.2) is 9.84 Å². The average molecular weight is 356 g/mol. The van der Waals surface area contributed by atoms with E-state index in [1.807, 2.05) is 6.07 Å². The van der Waals surface area contributed by atoms with Crippen molar-refractivity contribution in [3.05, 3.63) is 72.4 Å². The summed E-state index contributed by atoms with van der Waals surface area (Å²) in [6.07, 6.45) is 7.86. The van der Waals surface area contributed by atoms with Gasteiger partial charge in [-0.3, -0.25) is 9.36 Å². The van der Waals surface area contributed by atoms with E-state index in [-0.39, 0.29) is 17.3 Å². The first-order valence-electron chi connectivity index (χ1n) is 7.46. The van der Waals surface area contributed by atoms with E-state index in [4.69, 9.17) is 0 Å². The minimum absolute atomic E-state index is 0.179. The third-order valence-electron chi connectivity index (χ3n) is 3.60. The number of carbonyl (C=O) groups is 1. The summed E-state index contributed by atoms with van der Waals surface area (Å²) in [6, 6.07) is 9.49. The molecule has 0 radical (unpaired) electrons. The van der Waals surface area contributed by atoms with E-state index < -0.39 is 9.84 Å². The van der Waals surface area contributed by atoms with E-state index in [1.54, 1.807) is 35.6 Å². The highest BCUT2D eigenvalue weighted by molar-refractivity contribution is 7.90. The van der Waals surface area contributed by atoms with Crippen molar-refractivity contribution in [2.75, 3.05) is 6.26 Å². The van der Waals surface area contributed by atoms with Crippen LogP contribution in [-0.4, -0.2) is 35.1 Å². The number of imidazole rings is 1. The monoisotopic (exact) mass is 356 g/mol. The number of nitrogens with one attached hydrogen (secondary N) is 1. The van der Waals surface area contributed by atoms with Gasteiger partial charge in [-0.2, -0.15) is 0 Å². The van der Waals surface area contributed by atoms with Gasteiger partial charge < -0.3 is 5.32 Å². The highest BCUT2D eigenvalue weighted by Crippen LogP contribution is 2.12. The number of amides is 1. The van der Waals surface area contributed by atoms with Crippen molar-refractivity contribution < 1.29 is 13.2 Å². The summed E-state index contributed by atoms with van der Waals surface area (Å²) < 4.78 is 24.7. The van der Waals surface area contributed by atoms with Gasteiger partial charge in [0, 0.05) is 42.5 Å². The molecule has 3 rings (SSSR count). The van der Waals surface area contributed by atoms with E-state index in [1.165, 1.54) is 24.3 Å². The van der Waals surface area contributed by atoms with Crippen LogP contribution in [-0.2, 0) is 16.4 Å². The van der Waals surface area contributed by atoms with Crippen molar-refractivity contribution in [3.8, 4) is 5.82 Å². The zero-order chi connectivity index (χ0) is 17.9. The zero-order valence-electron chi connectivity index (χ0n) is 13.5. The molecule has 0 aliphatic heterocycles. The van der Waals surface area contributed by atoms with Crippen LogP contribution in [0, 0.1) is 0 Å². The minimum Gasteiger partial charge on any atom is -0.348 e. The molecule has 0 atom stereocenters. The number of aromatic nitrogens is 3. The highest BCUT2D eigenvalue weighted by Gasteiger charge is 2.11. The summed E-state index contributed by atoms with van der Waals surface area (Å²) in [4.78, 5) is 20.8. The van der Waals surface area contributed by atoms with Gasteiger partial charge in [-0.1, -0.05) is 6.07 Å². The second kappa shape index (κ2) is 6.86. The van der Waals surface area contributed by atoms with Crippen LogP contribution < -0.4 is 5.32 Å². The predicted octanol–water partition coefficient (Wildman–Crippen LogP) is 1.60. The Labute approximate surface area is 145 Å². The van der Waals surface area contributed by atoms with Crippen molar-refractivity contribution in [3.63, 3.8) is 0 Å². The summed E-state index contributed by atoms with van der Waals surface area (Å²) >= 11 is 0.